The molecule has 0 fully saturated rings. The summed E-state index contributed by atoms with van der Waals surface area (Å²) in [5, 5.41) is 21.8. The summed E-state index contributed by atoms with van der Waals surface area (Å²) in [6.45, 7) is 7.06. The van der Waals surface area contributed by atoms with Crippen molar-refractivity contribution in [2.24, 2.45) is 5.18 Å². The number of fused-ring (bicyclic) bond motifs is 2. The summed E-state index contributed by atoms with van der Waals surface area (Å²) in [5.41, 5.74) is 4.87. The third kappa shape index (κ3) is 18.3. The standard InChI is InChI=1S/C21H25N3O6S.C11H16N2O4S.C11H15NO3/c1-3-24(10-4-12-31(27,28)29)16-6-8-18-20(14-16)30-19-13-15(5-7-17(19)22-18)23(2)11-9-21(25)26;1-2-13(8-3-9-18(15,16)17)11-6-4-10(12-14)5-7-11;1-12(7-6-11(14)15-2)9-4-3-5-10(13)8-9/h5-8,13-14H,3-4,9-12H2,1-2H3,(H-,25,26,27,28,29);4-7H,2-3,8-9H2,1H3,(H,15,16,17);3-5,8,13H,6-7H2,1-2H3/p-1. The molecule has 1 aliphatic carbocycles. The molecule has 2 N–H and O–H groups in total. The van der Waals surface area contributed by atoms with Gasteiger partial charge in [-0.05, 0) is 86.5 Å². The molecule has 3 aromatic carbocycles. The Kier molecular flexibility index (Phi) is 20.6. The molecule has 0 saturated carbocycles. The topological polar surface area (TPSA) is 266 Å². The first-order valence-electron chi connectivity index (χ1n) is 20.2. The van der Waals surface area contributed by atoms with Crippen molar-refractivity contribution in [2.75, 3.05) is 86.7 Å². The number of anilines is 3. The van der Waals surface area contributed by atoms with E-state index in [0.29, 0.717) is 73.9 Å². The third-order valence-electron chi connectivity index (χ3n) is 9.69. The van der Waals surface area contributed by atoms with E-state index in [1.807, 2.05) is 89.7 Å². The second-order valence-corrected chi connectivity index (χ2v) is 17.4. The van der Waals surface area contributed by atoms with Gasteiger partial charge in [0.05, 0.1) is 39.8 Å². The van der Waals surface area contributed by atoms with Crippen molar-refractivity contribution in [1.29, 1.82) is 0 Å². The number of carboxylic acids is 1. The lowest BCUT2D eigenvalue weighted by molar-refractivity contribution is -0.140. The summed E-state index contributed by atoms with van der Waals surface area (Å²) < 4.78 is 76.5. The van der Waals surface area contributed by atoms with Crippen molar-refractivity contribution in [3.05, 3.63) is 95.2 Å². The number of aromatic hydroxyl groups is 1. The number of benzene rings is 4. The first kappa shape index (κ1) is 52.2. The second-order valence-electron chi connectivity index (χ2n) is 14.3. The van der Waals surface area contributed by atoms with E-state index in [4.69, 9.17) is 9.52 Å². The fourth-order valence-corrected chi connectivity index (χ4v) is 7.14. The van der Waals surface area contributed by atoms with Crippen LogP contribution in [0.25, 0.3) is 22.6 Å². The number of carbonyl (C=O) groups is 2. The lowest BCUT2D eigenvalue weighted by Crippen LogP contribution is -2.28. The number of hydrogen-bond acceptors (Lipinski definition) is 17. The summed E-state index contributed by atoms with van der Waals surface area (Å²) >= 11 is 0. The van der Waals surface area contributed by atoms with Crippen molar-refractivity contribution >= 4 is 66.0 Å². The van der Waals surface area contributed by atoms with Crippen LogP contribution in [0, 0.1) is 4.91 Å². The van der Waals surface area contributed by atoms with Crippen molar-refractivity contribution < 1.29 is 54.9 Å². The number of aliphatic carboxylic acids is 1. The SMILES string of the molecule is CCN(CCCS(=O)(=O)[O-])c1ccc(N=O)cc1.CCN(CCCS(=O)(=O)[O-])c1ccc2nc3ccc(=[N+](C)CCC(=O)O)cc-3oc2c1.COC(=O)CCN(C)c1cccc(O)c1. The minimum atomic E-state index is -4.23. The number of carbonyl (C=O) groups excluding carboxylic acids is 1. The van der Waals surface area contributed by atoms with Crippen molar-refractivity contribution in [3.63, 3.8) is 0 Å². The summed E-state index contributed by atoms with van der Waals surface area (Å²) in [4.78, 5) is 42.4. The quantitative estimate of drug-likeness (QED) is 0.0349. The van der Waals surface area contributed by atoms with Crippen LogP contribution in [0.1, 0.15) is 39.5 Å². The van der Waals surface area contributed by atoms with Gasteiger partial charge in [-0.1, -0.05) is 6.07 Å². The normalized spacial score (nSPS) is 11.7. The number of nitrogens with zero attached hydrogens (tertiary/aromatic N) is 6. The highest BCUT2D eigenvalue weighted by Gasteiger charge is 2.14. The number of phenolic OH excluding ortho intramolecular Hbond substituents is 1. The molecule has 0 bridgehead atoms. The van der Waals surface area contributed by atoms with E-state index >= 15 is 0 Å². The van der Waals surface area contributed by atoms with Gasteiger partial charge in [0.15, 0.2) is 17.9 Å². The molecule has 0 saturated heterocycles. The number of ether oxygens (including phenoxy) is 1. The molecule has 0 amide bonds. The number of rotatable bonds is 20. The lowest BCUT2D eigenvalue weighted by atomic mass is 10.2. The van der Waals surface area contributed by atoms with Crippen molar-refractivity contribution in [1.82, 2.24) is 9.56 Å². The van der Waals surface area contributed by atoms with Crippen LogP contribution in [0.5, 0.6) is 5.75 Å². The van der Waals surface area contributed by atoms with Crippen LogP contribution in [0.2, 0.25) is 0 Å². The van der Waals surface area contributed by atoms with Gasteiger partial charge in [0.25, 0.3) is 0 Å². The minimum Gasteiger partial charge on any atom is -0.748 e. The third-order valence-corrected chi connectivity index (χ3v) is 11.3. The fourth-order valence-electron chi connectivity index (χ4n) is 6.18. The molecule has 5 rings (SSSR count). The van der Waals surface area contributed by atoms with Crippen LogP contribution in [0.3, 0.4) is 0 Å². The zero-order chi connectivity index (χ0) is 47.5. The fraction of sp³-hybridized carbons (Fsp3) is 0.395. The summed E-state index contributed by atoms with van der Waals surface area (Å²) in [5.74, 6) is -1.06. The van der Waals surface area contributed by atoms with Crippen LogP contribution in [0.15, 0.2) is 94.5 Å². The van der Waals surface area contributed by atoms with Gasteiger partial charge in [-0.15, -0.1) is 4.91 Å². The number of hydrogen-bond donors (Lipinski definition) is 2. The Morgan fingerprint density at radius 2 is 1.42 bits per heavy atom. The van der Waals surface area contributed by atoms with E-state index in [1.54, 1.807) is 42.5 Å². The van der Waals surface area contributed by atoms with Gasteiger partial charge in [0.2, 0.25) is 5.36 Å². The number of phenols is 1. The highest BCUT2D eigenvalue weighted by atomic mass is 32.2. The predicted octanol–water partition coefficient (Wildman–Crippen LogP) is 4.81. The highest BCUT2D eigenvalue weighted by Crippen LogP contribution is 2.27. The average Bonchev–Trinajstić information content (AvgIpc) is 3.26. The molecule has 0 atom stereocenters. The number of nitroso groups, excluding NO2 is 1. The highest BCUT2D eigenvalue weighted by molar-refractivity contribution is 7.85. The van der Waals surface area contributed by atoms with Crippen LogP contribution in [0.4, 0.5) is 22.7 Å². The molecule has 0 spiro atoms. The van der Waals surface area contributed by atoms with Gasteiger partial charge < -0.3 is 43.2 Å². The number of aromatic nitrogens is 1. The van der Waals surface area contributed by atoms with E-state index < -0.39 is 32.0 Å². The molecule has 0 unspecified atom stereocenters. The predicted molar refractivity (Wildman–Crippen MR) is 243 cm³/mol. The van der Waals surface area contributed by atoms with Crippen molar-refractivity contribution in [3.8, 4) is 17.2 Å². The molecule has 0 aromatic heterocycles. The van der Waals surface area contributed by atoms with E-state index in [2.05, 4.69) is 14.9 Å². The Hall–Kier alpha value is -6.16. The van der Waals surface area contributed by atoms with Gasteiger partial charge in [-0.3, -0.25) is 9.59 Å². The molecular formula is C43H55N6O13S2-. The lowest BCUT2D eigenvalue weighted by Gasteiger charge is -2.23. The largest absolute Gasteiger partial charge is 0.748 e. The smallest absolute Gasteiger partial charge is 0.309 e. The molecule has 1 heterocycles. The molecule has 3 aromatic rings. The van der Waals surface area contributed by atoms with Gasteiger partial charge in [0.1, 0.15) is 36.1 Å². The Bertz CT molecular complexity index is 2570. The van der Waals surface area contributed by atoms with Crippen molar-refractivity contribution in [2.45, 2.75) is 39.5 Å². The van der Waals surface area contributed by atoms with Gasteiger partial charge in [-0.2, -0.15) is 0 Å². The molecule has 64 heavy (non-hydrogen) atoms. The molecule has 2 aliphatic rings. The summed E-state index contributed by atoms with van der Waals surface area (Å²) in [7, 11) is -3.34. The van der Waals surface area contributed by atoms with Crippen LogP contribution in [-0.2, 0) is 34.6 Å². The minimum absolute atomic E-state index is 0.0332. The zero-order valence-corrected chi connectivity index (χ0v) is 38.1. The van der Waals surface area contributed by atoms with Crippen LogP contribution >= 0.6 is 0 Å². The Morgan fingerprint density at radius 1 is 0.812 bits per heavy atom. The first-order valence-corrected chi connectivity index (χ1v) is 23.4. The van der Waals surface area contributed by atoms with Gasteiger partial charge in [0, 0.05) is 86.5 Å². The molecule has 0 radical (unpaired) electrons. The van der Waals surface area contributed by atoms with Gasteiger partial charge >= 0.3 is 11.9 Å². The van der Waals surface area contributed by atoms with Gasteiger partial charge in [-0.25, -0.2) is 26.4 Å². The first-order chi connectivity index (χ1) is 30.2. The molecular weight excluding hydrogens is 873 g/mol. The molecule has 19 nitrogen and oxygen atoms in total. The van der Waals surface area contributed by atoms with E-state index in [1.165, 1.54) is 7.11 Å². The van der Waals surface area contributed by atoms with Crippen LogP contribution < -0.4 is 24.6 Å². The maximum absolute atomic E-state index is 10.9. The molecule has 1 aliphatic heterocycles. The maximum atomic E-state index is 10.9. The Balaban J connectivity index is 0.000000280. The molecule has 348 valence electrons. The number of esters is 1. The second kappa shape index (κ2) is 25.2. The van der Waals surface area contributed by atoms with E-state index in [9.17, 15) is 45.5 Å². The number of methoxy groups -OCH3 is 1. The number of carboxylic acid groups (broad SMARTS) is 1. The Labute approximate surface area is 373 Å². The van der Waals surface area contributed by atoms with Crippen LogP contribution in [-0.4, -0.2) is 125 Å². The maximum Gasteiger partial charge on any atom is 0.309 e. The zero-order valence-electron chi connectivity index (χ0n) is 36.5. The Morgan fingerprint density at radius 3 is 1.97 bits per heavy atom. The summed E-state index contributed by atoms with van der Waals surface area (Å²) in [6.07, 6.45) is 0.901. The van der Waals surface area contributed by atoms with E-state index in [-0.39, 0.29) is 36.7 Å². The summed E-state index contributed by atoms with van der Waals surface area (Å²) in [6, 6.07) is 24.7. The van der Waals surface area contributed by atoms with E-state index in [0.717, 1.165) is 22.4 Å². The molecule has 21 heteroatoms. The monoisotopic (exact) mass is 927 g/mol. The average molecular weight is 928 g/mol.